The van der Waals surface area contributed by atoms with E-state index in [1.807, 2.05) is 54.6 Å². The summed E-state index contributed by atoms with van der Waals surface area (Å²) in [4.78, 5) is 21.9. The minimum absolute atomic E-state index is 0.0838. The molecular formula is C28H20FN3O3. The number of rotatable bonds is 7. The Morgan fingerprint density at radius 3 is 2.43 bits per heavy atom. The van der Waals surface area contributed by atoms with E-state index in [2.05, 4.69) is 15.3 Å². The molecule has 1 N–H and O–H groups in total. The molecule has 0 aliphatic heterocycles. The van der Waals surface area contributed by atoms with E-state index in [1.54, 1.807) is 24.3 Å². The summed E-state index contributed by atoms with van der Waals surface area (Å²) in [7, 11) is 0. The normalized spacial score (nSPS) is 10.7. The number of aromatic nitrogens is 2. The standard InChI is InChI=1S/C28H20FN3O3/c29-21-14-12-19(13-15-21)27-28(24-11-6-16-34-24)32-25(18-30-27)31-26(33)17-20-7-4-5-10-23(20)35-22-8-2-1-3-9-22/h1-16,18H,17H2,(H,31,32,33). The van der Waals surface area contributed by atoms with Gasteiger partial charge in [0.15, 0.2) is 11.6 Å². The molecule has 0 aliphatic rings. The van der Waals surface area contributed by atoms with Gasteiger partial charge in [-0.05, 0) is 54.6 Å². The molecular weight excluding hydrogens is 445 g/mol. The highest BCUT2D eigenvalue weighted by Crippen LogP contribution is 2.30. The van der Waals surface area contributed by atoms with Gasteiger partial charge in [-0.1, -0.05) is 36.4 Å². The smallest absolute Gasteiger partial charge is 0.230 e. The molecule has 2 aromatic heterocycles. The highest BCUT2D eigenvalue weighted by molar-refractivity contribution is 5.92. The minimum Gasteiger partial charge on any atom is -0.463 e. The van der Waals surface area contributed by atoms with Gasteiger partial charge in [0.05, 0.1) is 24.6 Å². The molecule has 1 amide bonds. The number of carbonyl (C=O) groups is 1. The number of halogens is 1. The van der Waals surface area contributed by atoms with Crippen molar-refractivity contribution in [3.8, 4) is 34.2 Å². The molecule has 5 aromatic rings. The third-order valence-corrected chi connectivity index (χ3v) is 5.21. The number of carbonyl (C=O) groups excluding carboxylic acids is 1. The Labute approximate surface area is 201 Å². The molecule has 0 bridgehead atoms. The molecule has 0 saturated carbocycles. The zero-order valence-corrected chi connectivity index (χ0v) is 18.5. The minimum atomic E-state index is -0.346. The van der Waals surface area contributed by atoms with Crippen molar-refractivity contribution >= 4 is 11.7 Å². The van der Waals surface area contributed by atoms with Crippen LogP contribution in [0.2, 0.25) is 0 Å². The molecule has 0 unspecified atom stereocenters. The zero-order chi connectivity index (χ0) is 24.0. The first kappa shape index (κ1) is 22.0. The number of furan rings is 1. The maximum absolute atomic E-state index is 13.4. The van der Waals surface area contributed by atoms with Gasteiger partial charge in [-0.25, -0.2) is 14.4 Å². The van der Waals surface area contributed by atoms with Crippen LogP contribution in [-0.2, 0) is 11.2 Å². The first-order valence-electron chi connectivity index (χ1n) is 10.9. The van der Waals surface area contributed by atoms with Crippen LogP contribution in [0.1, 0.15) is 5.56 Å². The molecule has 2 heterocycles. The molecule has 172 valence electrons. The maximum atomic E-state index is 13.4. The van der Waals surface area contributed by atoms with Crippen LogP contribution in [0.15, 0.2) is 108 Å². The van der Waals surface area contributed by atoms with Crippen molar-refractivity contribution in [3.05, 3.63) is 115 Å². The van der Waals surface area contributed by atoms with Crippen LogP contribution in [0, 0.1) is 5.82 Å². The van der Waals surface area contributed by atoms with Gasteiger partial charge in [0.25, 0.3) is 0 Å². The van der Waals surface area contributed by atoms with Gasteiger partial charge in [0.2, 0.25) is 5.91 Å². The molecule has 35 heavy (non-hydrogen) atoms. The largest absolute Gasteiger partial charge is 0.463 e. The summed E-state index contributed by atoms with van der Waals surface area (Å²) in [5, 5.41) is 2.80. The Balaban J connectivity index is 1.38. The molecule has 0 aliphatic carbocycles. The van der Waals surface area contributed by atoms with Crippen LogP contribution in [0.4, 0.5) is 10.2 Å². The fourth-order valence-corrected chi connectivity index (χ4v) is 3.58. The van der Waals surface area contributed by atoms with Crippen molar-refractivity contribution in [1.82, 2.24) is 9.97 Å². The number of benzene rings is 3. The third kappa shape index (κ3) is 5.25. The summed E-state index contributed by atoms with van der Waals surface area (Å²) in [6, 6.07) is 26.2. The highest BCUT2D eigenvalue weighted by atomic mass is 19.1. The van der Waals surface area contributed by atoms with E-state index in [0.717, 1.165) is 5.56 Å². The Morgan fingerprint density at radius 1 is 0.886 bits per heavy atom. The van der Waals surface area contributed by atoms with Crippen molar-refractivity contribution < 1.29 is 18.3 Å². The van der Waals surface area contributed by atoms with Crippen LogP contribution in [0.3, 0.4) is 0 Å². The van der Waals surface area contributed by atoms with Gasteiger partial charge < -0.3 is 14.5 Å². The molecule has 7 heteroatoms. The highest BCUT2D eigenvalue weighted by Gasteiger charge is 2.16. The van der Waals surface area contributed by atoms with E-state index >= 15 is 0 Å². The van der Waals surface area contributed by atoms with Gasteiger partial charge in [-0.15, -0.1) is 0 Å². The monoisotopic (exact) mass is 465 g/mol. The lowest BCUT2D eigenvalue weighted by atomic mass is 10.1. The van der Waals surface area contributed by atoms with E-state index in [4.69, 9.17) is 9.15 Å². The summed E-state index contributed by atoms with van der Waals surface area (Å²) in [6.45, 7) is 0. The van der Waals surface area contributed by atoms with Crippen LogP contribution in [0.25, 0.3) is 22.7 Å². The Bertz CT molecular complexity index is 1440. The molecule has 5 rings (SSSR count). The van der Waals surface area contributed by atoms with Gasteiger partial charge in [0.1, 0.15) is 23.0 Å². The molecule has 0 saturated heterocycles. The van der Waals surface area contributed by atoms with Crippen LogP contribution in [0.5, 0.6) is 11.5 Å². The molecule has 6 nitrogen and oxygen atoms in total. The predicted octanol–water partition coefficient (Wildman–Crippen LogP) is 6.52. The SMILES string of the molecule is O=C(Cc1ccccc1Oc1ccccc1)Nc1cnc(-c2ccc(F)cc2)c(-c2ccco2)n1. The zero-order valence-electron chi connectivity index (χ0n) is 18.5. The molecule has 0 spiro atoms. The Kier molecular flexibility index (Phi) is 6.30. The molecule has 0 fully saturated rings. The van der Waals surface area contributed by atoms with E-state index in [1.165, 1.54) is 24.6 Å². The summed E-state index contributed by atoms with van der Waals surface area (Å²) < 4.78 is 24.9. The number of hydrogen-bond acceptors (Lipinski definition) is 5. The lowest BCUT2D eigenvalue weighted by Crippen LogP contribution is -2.16. The first-order chi connectivity index (χ1) is 17.2. The second-order valence-corrected chi connectivity index (χ2v) is 7.68. The van der Waals surface area contributed by atoms with Gasteiger partial charge in [0, 0.05) is 11.1 Å². The Hall–Kier alpha value is -4.78. The number of amides is 1. The number of para-hydroxylation sites is 2. The fourth-order valence-electron chi connectivity index (χ4n) is 3.58. The third-order valence-electron chi connectivity index (χ3n) is 5.21. The first-order valence-corrected chi connectivity index (χ1v) is 10.9. The van der Waals surface area contributed by atoms with Crippen LogP contribution >= 0.6 is 0 Å². The maximum Gasteiger partial charge on any atom is 0.230 e. The average molecular weight is 465 g/mol. The number of anilines is 1. The van der Waals surface area contributed by atoms with E-state index in [-0.39, 0.29) is 24.0 Å². The van der Waals surface area contributed by atoms with E-state index < -0.39 is 0 Å². The number of ether oxygens (including phenoxy) is 1. The summed E-state index contributed by atoms with van der Waals surface area (Å²) in [5.41, 5.74) is 2.36. The number of nitrogens with one attached hydrogen (secondary N) is 1. The molecule has 0 atom stereocenters. The quantitative estimate of drug-likeness (QED) is 0.296. The Morgan fingerprint density at radius 2 is 1.66 bits per heavy atom. The average Bonchev–Trinajstić information content (AvgIpc) is 3.42. The van der Waals surface area contributed by atoms with Crippen molar-refractivity contribution in [2.45, 2.75) is 6.42 Å². The number of hydrogen-bond donors (Lipinski definition) is 1. The van der Waals surface area contributed by atoms with Crippen molar-refractivity contribution in [2.75, 3.05) is 5.32 Å². The second kappa shape index (κ2) is 10.0. The van der Waals surface area contributed by atoms with Crippen molar-refractivity contribution in [3.63, 3.8) is 0 Å². The van der Waals surface area contributed by atoms with E-state index in [9.17, 15) is 9.18 Å². The fraction of sp³-hybridized carbons (Fsp3) is 0.0357. The lowest BCUT2D eigenvalue weighted by Gasteiger charge is -2.12. The number of nitrogens with zero attached hydrogens (tertiary/aromatic N) is 2. The van der Waals surface area contributed by atoms with E-state index in [0.29, 0.717) is 34.2 Å². The van der Waals surface area contributed by atoms with Gasteiger partial charge >= 0.3 is 0 Å². The van der Waals surface area contributed by atoms with Gasteiger partial charge in [-0.3, -0.25) is 4.79 Å². The second-order valence-electron chi connectivity index (χ2n) is 7.68. The lowest BCUT2D eigenvalue weighted by molar-refractivity contribution is -0.115. The van der Waals surface area contributed by atoms with Crippen molar-refractivity contribution in [1.29, 1.82) is 0 Å². The van der Waals surface area contributed by atoms with Crippen LogP contribution in [-0.4, -0.2) is 15.9 Å². The summed E-state index contributed by atoms with van der Waals surface area (Å²) in [6.07, 6.45) is 3.08. The predicted molar refractivity (Wildman–Crippen MR) is 130 cm³/mol. The molecule has 0 radical (unpaired) electrons. The molecule has 3 aromatic carbocycles. The van der Waals surface area contributed by atoms with Gasteiger partial charge in [-0.2, -0.15) is 0 Å². The summed E-state index contributed by atoms with van der Waals surface area (Å²) in [5.74, 6) is 1.42. The van der Waals surface area contributed by atoms with Crippen LogP contribution < -0.4 is 10.1 Å². The summed E-state index contributed by atoms with van der Waals surface area (Å²) >= 11 is 0. The topological polar surface area (TPSA) is 77.2 Å². The van der Waals surface area contributed by atoms with Crippen molar-refractivity contribution in [2.24, 2.45) is 0 Å².